The molecular weight excluding hydrogens is 484 g/mol. The molecule has 0 saturated heterocycles. The van der Waals surface area contributed by atoms with E-state index in [1.807, 2.05) is 0 Å². The van der Waals surface area contributed by atoms with Gasteiger partial charge in [0.15, 0.2) is 5.76 Å². The summed E-state index contributed by atoms with van der Waals surface area (Å²) in [7, 11) is 0. The molecule has 12 nitrogen and oxygen atoms in total. The van der Waals surface area contributed by atoms with Crippen LogP contribution in [0.4, 0.5) is 0 Å². The Morgan fingerprint density at radius 1 is 1.30 bits per heavy atom. The summed E-state index contributed by atoms with van der Waals surface area (Å²) < 4.78 is 16.4. The topological polar surface area (TPSA) is 174 Å². The molecule has 2 unspecified atom stereocenters. The van der Waals surface area contributed by atoms with Crippen molar-refractivity contribution in [2.45, 2.75) is 65.5 Å². The highest BCUT2D eigenvalue weighted by Crippen LogP contribution is 2.33. The Labute approximate surface area is 214 Å². The van der Waals surface area contributed by atoms with Crippen molar-refractivity contribution in [3.05, 3.63) is 46.8 Å². The number of nitrogens with zero attached hydrogens (tertiary/aromatic N) is 2. The van der Waals surface area contributed by atoms with Gasteiger partial charge in [-0.3, -0.25) is 19.2 Å². The summed E-state index contributed by atoms with van der Waals surface area (Å²) in [5.74, 6) is -2.65. The molecule has 2 amide bonds. The van der Waals surface area contributed by atoms with E-state index in [2.05, 4.69) is 10.5 Å². The summed E-state index contributed by atoms with van der Waals surface area (Å²) in [6.45, 7) is 7.23. The molecular formula is C25H32N4O8. The van der Waals surface area contributed by atoms with Crippen LogP contribution in [0.15, 0.2) is 28.8 Å². The van der Waals surface area contributed by atoms with Crippen molar-refractivity contribution in [1.29, 1.82) is 0 Å². The van der Waals surface area contributed by atoms with Crippen molar-refractivity contribution in [1.82, 2.24) is 15.4 Å². The fraction of sp³-hybridized carbons (Fsp3) is 0.480. The van der Waals surface area contributed by atoms with Gasteiger partial charge in [0.2, 0.25) is 5.91 Å². The Kier molecular flexibility index (Phi) is 8.53. The number of nitrogens with two attached hydrogens (primary N) is 1. The molecule has 1 aromatic carbocycles. The van der Waals surface area contributed by atoms with Gasteiger partial charge >= 0.3 is 11.9 Å². The van der Waals surface area contributed by atoms with E-state index in [4.69, 9.17) is 19.7 Å². The molecule has 0 aliphatic carbocycles. The van der Waals surface area contributed by atoms with Gasteiger partial charge in [0, 0.05) is 23.7 Å². The molecule has 3 rings (SSSR count). The van der Waals surface area contributed by atoms with Gasteiger partial charge in [-0.15, -0.1) is 0 Å². The summed E-state index contributed by atoms with van der Waals surface area (Å²) in [4.78, 5) is 49.4. The Morgan fingerprint density at radius 3 is 2.68 bits per heavy atom. The Morgan fingerprint density at radius 2 is 2.03 bits per heavy atom. The Bertz CT molecular complexity index is 1170. The fourth-order valence-electron chi connectivity index (χ4n) is 3.87. The van der Waals surface area contributed by atoms with E-state index in [-0.39, 0.29) is 38.6 Å². The number of esters is 1. The normalized spacial score (nSPS) is 14.7. The SMILES string of the molecule is CC(CC(C(N)=O)N1Cc2c(OCc3cc(CNCC(=O)OC(C)(C)C)no3)cccc2C1=O)C(=O)O. The minimum absolute atomic E-state index is 0.0220. The van der Waals surface area contributed by atoms with Crippen LogP contribution in [0, 0.1) is 5.92 Å². The van der Waals surface area contributed by atoms with Crippen LogP contribution in [0.3, 0.4) is 0 Å². The van der Waals surface area contributed by atoms with Crippen molar-refractivity contribution in [2.75, 3.05) is 6.54 Å². The second-order valence-corrected chi connectivity index (χ2v) is 9.87. The summed E-state index contributed by atoms with van der Waals surface area (Å²) in [5.41, 5.74) is 6.44. The van der Waals surface area contributed by atoms with E-state index >= 15 is 0 Å². The molecule has 0 fully saturated rings. The molecule has 0 radical (unpaired) electrons. The van der Waals surface area contributed by atoms with E-state index in [0.717, 1.165) is 0 Å². The van der Waals surface area contributed by atoms with Crippen LogP contribution in [-0.4, -0.2) is 57.1 Å². The summed E-state index contributed by atoms with van der Waals surface area (Å²) in [6, 6.07) is 5.57. The summed E-state index contributed by atoms with van der Waals surface area (Å²) >= 11 is 0. The number of benzene rings is 1. The Balaban J connectivity index is 1.60. The molecule has 0 spiro atoms. The number of amides is 2. The van der Waals surface area contributed by atoms with E-state index in [1.165, 1.54) is 11.8 Å². The number of primary amides is 1. The minimum Gasteiger partial charge on any atom is -0.485 e. The van der Waals surface area contributed by atoms with Crippen molar-refractivity contribution < 1.29 is 38.3 Å². The Hall–Kier alpha value is -3.93. The number of carbonyl (C=O) groups is 4. The lowest BCUT2D eigenvalue weighted by atomic mass is 10.0. The van der Waals surface area contributed by atoms with Gasteiger partial charge < -0.3 is 35.1 Å². The van der Waals surface area contributed by atoms with Gasteiger partial charge in [0.1, 0.15) is 24.0 Å². The zero-order chi connectivity index (χ0) is 27.3. The molecule has 1 aromatic heterocycles. The number of carboxylic acids is 1. The number of nitrogens with one attached hydrogen (secondary N) is 1. The predicted molar refractivity (Wildman–Crippen MR) is 129 cm³/mol. The highest BCUT2D eigenvalue weighted by atomic mass is 16.6. The predicted octanol–water partition coefficient (Wildman–Crippen LogP) is 1.61. The zero-order valence-electron chi connectivity index (χ0n) is 21.3. The molecule has 200 valence electrons. The van der Waals surface area contributed by atoms with Crippen LogP contribution in [0.2, 0.25) is 0 Å². The first-order valence-electron chi connectivity index (χ1n) is 11.8. The van der Waals surface area contributed by atoms with Gasteiger partial charge in [-0.25, -0.2) is 0 Å². The number of carbonyl (C=O) groups excluding carboxylic acids is 3. The molecule has 12 heteroatoms. The monoisotopic (exact) mass is 516 g/mol. The smallest absolute Gasteiger partial charge is 0.320 e. The fourth-order valence-corrected chi connectivity index (χ4v) is 3.87. The molecule has 0 saturated carbocycles. The number of ether oxygens (including phenoxy) is 2. The van der Waals surface area contributed by atoms with Crippen LogP contribution in [0.1, 0.15) is 61.5 Å². The number of aliphatic carboxylic acids is 1. The second-order valence-electron chi connectivity index (χ2n) is 9.87. The quantitative estimate of drug-likeness (QED) is 0.352. The minimum atomic E-state index is -1.08. The number of carboxylic acid groups (broad SMARTS) is 1. The van der Waals surface area contributed by atoms with Gasteiger partial charge in [-0.05, 0) is 39.3 Å². The van der Waals surface area contributed by atoms with Gasteiger partial charge in [0.05, 0.1) is 24.7 Å². The second kappa shape index (κ2) is 11.4. The standard InChI is InChI=1S/C25H32N4O8/c1-14(24(33)34)8-19(22(26)31)29-12-18-17(23(29)32)6-5-7-20(18)35-13-16-9-15(28-37-16)10-27-11-21(30)36-25(2,3)4/h5-7,9,14,19,27H,8,10-13H2,1-4H3,(H2,26,31)(H,33,34). The third kappa shape index (κ3) is 7.29. The van der Waals surface area contributed by atoms with Crippen molar-refractivity contribution >= 4 is 23.8 Å². The first-order chi connectivity index (χ1) is 17.4. The lowest BCUT2D eigenvalue weighted by Gasteiger charge is -2.26. The highest BCUT2D eigenvalue weighted by Gasteiger charge is 2.38. The maximum Gasteiger partial charge on any atom is 0.320 e. The number of fused-ring (bicyclic) bond motifs is 1. The molecule has 37 heavy (non-hydrogen) atoms. The van der Waals surface area contributed by atoms with Crippen molar-refractivity contribution in [2.24, 2.45) is 11.7 Å². The third-order valence-corrected chi connectivity index (χ3v) is 5.63. The third-order valence-electron chi connectivity index (χ3n) is 5.63. The van der Waals surface area contributed by atoms with E-state index in [1.54, 1.807) is 45.0 Å². The number of aromatic nitrogens is 1. The molecule has 1 aliphatic rings. The average molecular weight is 517 g/mol. The maximum absolute atomic E-state index is 13.0. The van der Waals surface area contributed by atoms with Crippen LogP contribution in [-0.2, 0) is 38.8 Å². The van der Waals surface area contributed by atoms with Gasteiger partial charge in [-0.1, -0.05) is 18.1 Å². The van der Waals surface area contributed by atoms with Crippen molar-refractivity contribution in [3.8, 4) is 5.75 Å². The highest BCUT2D eigenvalue weighted by molar-refractivity contribution is 6.01. The van der Waals surface area contributed by atoms with Crippen LogP contribution >= 0.6 is 0 Å². The first kappa shape index (κ1) is 27.7. The van der Waals surface area contributed by atoms with Crippen LogP contribution < -0.4 is 15.8 Å². The number of hydrogen-bond donors (Lipinski definition) is 3. The first-order valence-corrected chi connectivity index (χ1v) is 11.8. The molecule has 4 N–H and O–H groups in total. The summed E-state index contributed by atoms with van der Waals surface area (Å²) in [5, 5.41) is 16.1. The average Bonchev–Trinajstić information content (AvgIpc) is 3.39. The molecule has 2 heterocycles. The lowest BCUT2D eigenvalue weighted by Crippen LogP contribution is -2.46. The van der Waals surface area contributed by atoms with E-state index in [0.29, 0.717) is 28.3 Å². The molecule has 2 aromatic rings. The van der Waals surface area contributed by atoms with Crippen LogP contribution in [0.5, 0.6) is 5.75 Å². The van der Waals surface area contributed by atoms with Gasteiger partial charge in [-0.2, -0.15) is 0 Å². The molecule has 1 aliphatic heterocycles. The number of hydrogen-bond acceptors (Lipinski definition) is 9. The zero-order valence-corrected chi connectivity index (χ0v) is 21.3. The largest absolute Gasteiger partial charge is 0.485 e. The molecule has 2 atom stereocenters. The van der Waals surface area contributed by atoms with Gasteiger partial charge in [0.25, 0.3) is 5.91 Å². The maximum atomic E-state index is 13.0. The van der Waals surface area contributed by atoms with Crippen LogP contribution in [0.25, 0.3) is 0 Å². The molecule has 0 bridgehead atoms. The van der Waals surface area contributed by atoms with E-state index in [9.17, 15) is 24.3 Å². The van der Waals surface area contributed by atoms with Crippen molar-refractivity contribution in [3.63, 3.8) is 0 Å². The summed E-state index contributed by atoms with van der Waals surface area (Å²) in [6.07, 6.45) is -0.0939. The lowest BCUT2D eigenvalue weighted by molar-refractivity contribution is -0.153. The number of rotatable bonds is 12. The van der Waals surface area contributed by atoms with E-state index < -0.39 is 35.3 Å².